The lowest BCUT2D eigenvalue weighted by atomic mass is 9.91. The quantitative estimate of drug-likeness (QED) is 0.853. The summed E-state index contributed by atoms with van der Waals surface area (Å²) in [4.78, 5) is 26.9. The summed E-state index contributed by atoms with van der Waals surface area (Å²) in [6.07, 6.45) is 2.44. The second-order valence-electron chi connectivity index (χ2n) is 6.79. The molecule has 0 aliphatic carbocycles. The summed E-state index contributed by atoms with van der Waals surface area (Å²) in [7, 11) is 0. The predicted octanol–water partition coefficient (Wildman–Crippen LogP) is 3.96. The Morgan fingerprint density at radius 1 is 1.23 bits per heavy atom. The lowest BCUT2D eigenvalue weighted by Gasteiger charge is -2.26. The van der Waals surface area contributed by atoms with E-state index in [-0.39, 0.29) is 23.8 Å². The fraction of sp³-hybridized carbons (Fsp3) is 0.333. The zero-order chi connectivity index (χ0) is 18.8. The van der Waals surface area contributed by atoms with Crippen LogP contribution in [0.3, 0.4) is 0 Å². The summed E-state index contributed by atoms with van der Waals surface area (Å²) in [5, 5.41) is 10.4. The second kappa shape index (κ2) is 7.20. The van der Waals surface area contributed by atoms with Gasteiger partial charge < -0.3 is 14.4 Å². The van der Waals surface area contributed by atoms with Gasteiger partial charge in [0.05, 0.1) is 24.4 Å². The van der Waals surface area contributed by atoms with E-state index in [1.807, 2.05) is 24.3 Å². The van der Waals surface area contributed by atoms with Crippen LogP contribution in [-0.4, -0.2) is 21.7 Å². The molecule has 5 nitrogen and oxygen atoms in total. The van der Waals surface area contributed by atoms with Crippen molar-refractivity contribution in [1.29, 1.82) is 0 Å². The largest absolute Gasteiger partial charge is 0.503 e. The van der Waals surface area contributed by atoms with Crippen LogP contribution in [0.25, 0.3) is 0 Å². The Balaban J connectivity index is 2.06. The fourth-order valence-corrected chi connectivity index (χ4v) is 3.23. The lowest BCUT2D eigenvalue weighted by Crippen LogP contribution is -2.31. The van der Waals surface area contributed by atoms with Gasteiger partial charge in [-0.15, -0.1) is 0 Å². The van der Waals surface area contributed by atoms with Crippen molar-refractivity contribution in [3.8, 4) is 0 Å². The minimum atomic E-state index is -0.617. The van der Waals surface area contributed by atoms with E-state index < -0.39 is 17.7 Å². The maximum atomic E-state index is 12.7. The molecule has 0 radical (unpaired) electrons. The third-order valence-electron chi connectivity index (χ3n) is 4.70. The number of furan rings is 1. The molecule has 0 spiro atoms. The van der Waals surface area contributed by atoms with Gasteiger partial charge in [-0.05, 0) is 29.7 Å². The molecule has 1 aliphatic heterocycles. The highest BCUT2D eigenvalue weighted by atomic mass is 16.3. The number of aryl methyl sites for hydroxylation is 1. The van der Waals surface area contributed by atoms with Crippen LogP contribution in [0.2, 0.25) is 0 Å². The van der Waals surface area contributed by atoms with Crippen LogP contribution in [0.5, 0.6) is 0 Å². The smallest absolute Gasteiger partial charge is 0.290 e. The van der Waals surface area contributed by atoms with Gasteiger partial charge in [-0.2, -0.15) is 0 Å². The van der Waals surface area contributed by atoms with E-state index in [4.69, 9.17) is 4.42 Å². The molecule has 0 fully saturated rings. The van der Waals surface area contributed by atoms with Crippen molar-refractivity contribution in [3.63, 3.8) is 0 Å². The summed E-state index contributed by atoms with van der Waals surface area (Å²) in [6.45, 7) is 5.78. The molecule has 1 amide bonds. The summed E-state index contributed by atoms with van der Waals surface area (Å²) < 4.78 is 5.36. The minimum Gasteiger partial charge on any atom is -0.503 e. The van der Waals surface area contributed by atoms with Crippen LogP contribution in [0, 0.1) is 5.92 Å². The van der Waals surface area contributed by atoms with E-state index in [9.17, 15) is 14.7 Å². The first-order valence-corrected chi connectivity index (χ1v) is 8.83. The Bertz CT molecular complexity index is 831. The predicted molar refractivity (Wildman–Crippen MR) is 97.3 cm³/mol. The van der Waals surface area contributed by atoms with Crippen LogP contribution in [0.4, 0.5) is 0 Å². The molecule has 2 heterocycles. The van der Waals surface area contributed by atoms with Gasteiger partial charge in [-0.1, -0.05) is 45.0 Å². The number of nitrogens with zero attached hydrogens (tertiary/aromatic N) is 1. The molecule has 1 aliphatic rings. The highest BCUT2D eigenvalue weighted by Crippen LogP contribution is 2.39. The van der Waals surface area contributed by atoms with Crippen molar-refractivity contribution < 1.29 is 19.1 Å². The third-order valence-corrected chi connectivity index (χ3v) is 4.70. The number of aliphatic hydroxyl groups is 1. The molecule has 0 saturated heterocycles. The first kappa shape index (κ1) is 18.0. The van der Waals surface area contributed by atoms with Crippen LogP contribution >= 0.6 is 0 Å². The molecule has 2 aromatic rings. The molecule has 1 aromatic carbocycles. The van der Waals surface area contributed by atoms with Crippen LogP contribution in [-0.2, 0) is 22.6 Å². The van der Waals surface area contributed by atoms with Crippen molar-refractivity contribution in [2.75, 3.05) is 0 Å². The van der Waals surface area contributed by atoms with Gasteiger partial charge >= 0.3 is 0 Å². The molecule has 1 unspecified atom stereocenters. The van der Waals surface area contributed by atoms with E-state index in [0.717, 1.165) is 12.0 Å². The molecule has 5 heteroatoms. The normalized spacial score (nSPS) is 17.5. The average Bonchev–Trinajstić information content (AvgIpc) is 3.23. The number of carbonyl (C=O) groups is 2. The van der Waals surface area contributed by atoms with E-state index in [0.29, 0.717) is 5.76 Å². The topological polar surface area (TPSA) is 70.8 Å². The van der Waals surface area contributed by atoms with Crippen molar-refractivity contribution in [2.45, 2.75) is 39.8 Å². The number of amides is 1. The van der Waals surface area contributed by atoms with Crippen molar-refractivity contribution >= 4 is 11.7 Å². The highest BCUT2D eigenvalue weighted by molar-refractivity contribution is 6.09. The molecule has 136 valence electrons. The number of Topliss-reactive ketones (excluding diaryl/α,β-unsaturated/α-hetero) is 1. The van der Waals surface area contributed by atoms with Gasteiger partial charge in [-0.3, -0.25) is 9.59 Å². The molecule has 1 atom stereocenters. The molecular weight excluding hydrogens is 330 g/mol. The number of hydrogen-bond acceptors (Lipinski definition) is 4. The van der Waals surface area contributed by atoms with Gasteiger partial charge in [0.15, 0.2) is 11.5 Å². The maximum absolute atomic E-state index is 12.7. The molecule has 0 saturated carbocycles. The molecule has 26 heavy (non-hydrogen) atoms. The van der Waals surface area contributed by atoms with Crippen molar-refractivity contribution in [2.24, 2.45) is 5.92 Å². The standard InChI is InChI=1S/C21H23NO4/c1-4-14-7-9-15(10-8-14)18-17(19(23)13(2)3)20(24)21(25)22(18)12-16-6-5-11-26-16/h5-11,13,18,24H,4,12H2,1-3H3. The van der Waals surface area contributed by atoms with E-state index >= 15 is 0 Å². The first-order valence-electron chi connectivity index (χ1n) is 8.83. The average molecular weight is 353 g/mol. The zero-order valence-electron chi connectivity index (χ0n) is 15.2. The maximum Gasteiger partial charge on any atom is 0.290 e. The number of aliphatic hydroxyl groups excluding tert-OH is 1. The Hall–Kier alpha value is -2.82. The Morgan fingerprint density at radius 3 is 2.46 bits per heavy atom. The van der Waals surface area contributed by atoms with Gasteiger partial charge in [0.2, 0.25) is 0 Å². The Morgan fingerprint density at radius 2 is 1.92 bits per heavy atom. The molecule has 3 rings (SSSR count). The highest BCUT2D eigenvalue weighted by Gasteiger charge is 2.44. The van der Waals surface area contributed by atoms with Crippen LogP contribution in [0.15, 0.2) is 58.4 Å². The van der Waals surface area contributed by atoms with E-state index in [1.165, 1.54) is 16.7 Å². The summed E-state index contributed by atoms with van der Waals surface area (Å²) in [6, 6.07) is 10.7. The Kier molecular flexibility index (Phi) is 4.98. The Labute approximate surface area is 152 Å². The zero-order valence-corrected chi connectivity index (χ0v) is 15.2. The first-order chi connectivity index (χ1) is 12.4. The summed E-state index contributed by atoms with van der Waals surface area (Å²) in [5.74, 6) is -0.947. The van der Waals surface area contributed by atoms with E-state index in [1.54, 1.807) is 26.0 Å². The van der Waals surface area contributed by atoms with Gasteiger partial charge in [0, 0.05) is 5.92 Å². The monoisotopic (exact) mass is 353 g/mol. The van der Waals surface area contributed by atoms with Gasteiger partial charge in [-0.25, -0.2) is 0 Å². The number of rotatable bonds is 6. The molecule has 1 aromatic heterocycles. The lowest BCUT2D eigenvalue weighted by molar-refractivity contribution is -0.130. The number of carbonyl (C=O) groups excluding carboxylic acids is 2. The van der Waals surface area contributed by atoms with Crippen molar-refractivity contribution in [3.05, 3.63) is 70.9 Å². The number of hydrogen-bond donors (Lipinski definition) is 1. The van der Waals surface area contributed by atoms with Gasteiger partial charge in [0.25, 0.3) is 5.91 Å². The molecule has 0 bridgehead atoms. The van der Waals surface area contributed by atoms with E-state index in [2.05, 4.69) is 6.92 Å². The fourth-order valence-electron chi connectivity index (χ4n) is 3.23. The van der Waals surface area contributed by atoms with Gasteiger partial charge in [0.1, 0.15) is 5.76 Å². The SMILES string of the molecule is CCc1ccc(C2C(C(=O)C(C)C)=C(O)C(=O)N2Cc2ccco2)cc1. The number of ketones is 1. The number of benzene rings is 1. The van der Waals surface area contributed by atoms with Crippen LogP contribution in [0.1, 0.15) is 43.7 Å². The van der Waals surface area contributed by atoms with Crippen LogP contribution < -0.4 is 0 Å². The summed E-state index contributed by atoms with van der Waals surface area (Å²) in [5.41, 5.74) is 2.14. The van der Waals surface area contributed by atoms with Crippen molar-refractivity contribution in [1.82, 2.24) is 4.90 Å². The second-order valence-corrected chi connectivity index (χ2v) is 6.79. The third kappa shape index (κ3) is 3.17. The minimum absolute atomic E-state index is 0.167. The summed E-state index contributed by atoms with van der Waals surface area (Å²) >= 11 is 0. The molecular formula is C21H23NO4. The molecule has 1 N–H and O–H groups in total.